The Morgan fingerprint density at radius 2 is 2.16 bits per heavy atom. The van der Waals surface area contributed by atoms with Crippen molar-refractivity contribution in [2.45, 2.75) is 13.3 Å². The maximum atomic E-state index is 12.1. The lowest BCUT2D eigenvalue weighted by Crippen LogP contribution is -2.39. The minimum absolute atomic E-state index is 0.0182. The van der Waals surface area contributed by atoms with Crippen LogP contribution < -0.4 is 15.0 Å². The average molecular weight is 342 g/mol. The molecule has 2 aromatic rings. The molecule has 1 aromatic carbocycles. The van der Waals surface area contributed by atoms with E-state index in [0.29, 0.717) is 30.8 Å². The number of aryl methyl sites for hydroxylation is 1. The van der Waals surface area contributed by atoms with Gasteiger partial charge >= 0.3 is 5.69 Å². The summed E-state index contributed by atoms with van der Waals surface area (Å²) >= 11 is 0. The fraction of sp³-hybridized carbons (Fsp3) is 0.294. The molecule has 0 spiro atoms. The zero-order valence-electron chi connectivity index (χ0n) is 13.8. The van der Waals surface area contributed by atoms with Crippen LogP contribution in [0.4, 0.5) is 17.2 Å². The summed E-state index contributed by atoms with van der Waals surface area (Å²) in [7, 11) is 0. The van der Waals surface area contributed by atoms with Crippen LogP contribution >= 0.6 is 0 Å². The number of benzene rings is 1. The Morgan fingerprint density at radius 3 is 2.96 bits per heavy atom. The molecule has 0 aliphatic carbocycles. The van der Waals surface area contributed by atoms with E-state index >= 15 is 0 Å². The van der Waals surface area contributed by atoms with Gasteiger partial charge in [0.2, 0.25) is 5.82 Å². The van der Waals surface area contributed by atoms with Gasteiger partial charge in [-0.05, 0) is 31.5 Å². The topological polar surface area (TPSA) is 97.6 Å². The van der Waals surface area contributed by atoms with E-state index in [4.69, 9.17) is 4.74 Å². The third kappa shape index (κ3) is 3.52. The van der Waals surface area contributed by atoms with Gasteiger partial charge in [0.1, 0.15) is 5.75 Å². The van der Waals surface area contributed by atoms with E-state index < -0.39 is 4.92 Å². The molecule has 0 bridgehead atoms. The molecule has 0 saturated carbocycles. The number of pyridine rings is 1. The van der Waals surface area contributed by atoms with E-state index in [0.717, 1.165) is 5.69 Å². The lowest BCUT2D eigenvalue weighted by Gasteiger charge is -2.29. The number of para-hydroxylation sites is 2. The van der Waals surface area contributed by atoms with Gasteiger partial charge in [-0.3, -0.25) is 14.9 Å². The number of hydrogen-bond donors (Lipinski definition) is 1. The van der Waals surface area contributed by atoms with Gasteiger partial charge in [0.15, 0.2) is 6.61 Å². The molecule has 1 N–H and O–H groups in total. The maximum absolute atomic E-state index is 12.1. The first-order valence-electron chi connectivity index (χ1n) is 7.94. The van der Waals surface area contributed by atoms with E-state index in [1.807, 2.05) is 24.3 Å². The number of aromatic nitrogens is 1. The summed E-state index contributed by atoms with van der Waals surface area (Å²) in [5.41, 5.74) is 1.29. The highest BCUT2D eigenvalue weighted by atomic mass is 16.6. The Balaban J connectivity index is 1.62. The number of nitro groups is 1. The number of nitrogens with one attached hydrogen (secondary N) is 1. The Kier molecular flexibility index (Phi) is 4.78. The summed E-state index contributed by atoms with van der Waals surface area (Å²) < 4.78 is 5.41. The summed E-state index contributed by atoms with van der Waals surface area (Å²) in [6, 6.07) is 8.98. The Labute approximate surface area is 144 Å². The van der Waals surface area contributed by atoms with Gasteiger partial charge in [-0.25, -0.2) is 4.98 Å². The second kappa shape index (κ2) is 7.16. The molecular weight excluding hydrogens is 324 g/mol. The lowest BCUT2D eigenvalue weighted by atomic mass is 10.2. The highest BCUT2D eigenvalue weighted by Crippen LogP contribution is 2.31. The van der Waals surface area contributed by atoms with Gasteiger partial charge in [-0.2, -0.15) is 0 Å². The SMILES string of the molecule is Cc1ccnc(NCCCN2C(=O)COc3ccccc32)c1[N+](=O)[O-]. The van der Waals surface area contributed by atoms with Crippen molar-refractivity contribution in [2.24, 2.45) is 0 Å². The molecule has 25 heavy (non-hydrogen) atoms. The molecule has 130 valence electrons. The maximum Gasteiger partial charge on any atom is 0.314 e. The first-order valence-corrected chi connectivity index (χ1v) is 7.94. The smallest absolute Gasteiger partial charge is 0.314 e. The van der Waals surface area contributed by atoms with Crippen LogP contribution in [0.25, 0.3) is 0 Å². The predicted octanol–water partition coefficient (Wildman–Crippen LogP) is 2.53. The second-order valence-electron chi connectivity index (χ2n) is 5.66. The second-order valence-corrected chi connectivity index (χ2v) is 5.66. The number of amides is 1. The van der Waals surface area contributed by atoms with Crippen LogP contribution in [0.2, 0.25) is 0 Å². The number of anilines is 2. The number of nitrogens with zero attached hydrogens (tertiary/aromatic N) is 3. The van der Waals surface area contributed by atoms with Crippen LogP contribution in [-0.2, 0) is 4.79 Å². The van der Waals surface area contributed by atoms with Crippen molar-refractivity contribution in [2.75, 3.05) is 29.9 Å². The molecule has 1 aromatic heterocycles. The summed E-state index contributed by atoms with van der Waals surface area (Å²) in [6.07, 6.45) is 2.15. The van der Waals surface area contributed by atoms with E-state index in [-0.39, 0.29) is 24.0 Å². The number of fused-ring (bicyclic) bond motifs is 1. The highest BCUT2D eigenvalue weighted by Gasteiger charge is 2.24. The molecule has 3 rings (SSSR count). The number of ether oxygens (including phenoxy) is 1. The fourth-order valence-corrected chi connectivity index (χ4v) is 2.75. The van der Waals surface area contributed by atoms with Crippen LogP contribution in [0, 0.1) is 17.0 Å². The molecule has 8 nitrogen and oxygen atoms in total. The van der Waals surface area contributed by atoms with Crippen molar-refractivity contribution in [1.29, 1.82) is 0 Å². The van der Waals surface area contributed by atoms with E-state index in [1.54, 1.807) is 17.9 Å². The molecule has 1 aliphatic heterocycles. The summed E-state index contributed by atoms with van der Waals surface area (Å²) in [5.74, 6) is 0.836. The van der Waals surface area contributed by atoms with Gasteiger partial charge in [0.05, 0.1) is 10.6 Å². The molecule has 0 radical (unpaired) electrons. The molecule has 8 heteroatoms. The first kappa shape index (κ1) is 16.7. The van der Waals surface area contributed by atoms with Crippen molar-refractivity contribution < 1.29 is 14.5 Å². The van der Waals surface area contributed by atoms with Crippen LogP contribution in [0.15, 0.2) is 36.5 Å². The largest absolute Gasteiger partial charge is 0.482 e. The standard InChI is InChI=1S/C17H18N4O4/c1-12-7-9-19-17(16(12)21(23)24)18-8-4-10-20-13-5-2-3-6-14(13)25-11-15(20)22/h2-3,5-7,9H,4,8,10-11H2,1H3,(H,18,19). The van der Waals surface area contributed by atoms with Crippen LogP contribution in [-0.4, -0.2) is 35.5 Å². The molecular formula is C17H18N4O4. The highest BCUT2D eigenvalue weighted by molar-refractivity contribution is 5.97. The quantitative estimate of drug-likeness (QED) is 0.492. The van der Waals surface area contributed by atoms with E-state index in [9.17, 15) is 14.9 Å². The minimum atomic E-state index is -0.438. The van der Waals surface area contributed by atoms with E-state index in [1.165, 1.54) is 6.20 Å². The zero-order chi connectivity index (χ0) is 17.8. The zero-order valence-corrected chi connectivity index (χ0v) is 13.8. The average Bonchev–Trinajstić information content (AvgIpc) is 2.60. The number of rotatable bonds is 6. The number of carbonyl (C=O) groups is 1. The Morgan fingerprint density at radius 1 is 1.36 bits per heavy atom. The summed E-state index contributed by atoms with van der Waals surface area (Å²) in [4.78, 5) is 28.5. The van der Waals surface area contributed by atoms with Crippen LogP contribution in [0.1, 0.15) is 12.0 Å². The summed E-state index contributed by atoms with van der Waals surface area (Å²) in [6.45, 7) is 2.65. The lowest BCUT2D eigenvalue weighted by molar-refractivity contribution is -0.384. The molecule has 0 unspecified atom stereocenters. The van der Waals surface area contributed by atoms with Crippen molar-refractivity contribution in [3.05, 3.63) is 52.2 Å². The van der Waals surface area contributed by atoms with Gasteiger partial charge < -0.3 is 15.0 Å². The molecule has 0 atom stereocenters. The van der Waals surface area contributed by atoms with Gasteiger partial charge in [-0.1, -0.05) is 12.1 Å². The van der Waals surface area contributed by atoms with E-state index in [2.05, 4.69) is 10.3 Å². The molecule has 1 aliphatic rings. The molecule has 0 saturated heterocycles. The number of carbonyl (C=O) groups excluding carboxylic acids is 1. The summed E-state index contributed by atoms with van der Waals surface area (Å²) in [5, 5.41) is 14.2. The third-order valence-corrected chi connectivity index (χ3v) is 3.97. The first-order chi connectivity index (χ1) is 12.1. The third-order valence-electron chi connectivity index (χ3n) is 3.97. The minimum Gasteiger partial charge on any atom is -0.482 e. The molecule has 0 fully saturated rings. The van der Waals surface area contributed by atoms with Crippen molar-refractivity contribution in [3.8, 4) is 5.75 Å². The van der Waals surface area contributed by atoms with Crippen molar-refractivity contribution >= 4 is 23.1 Å². The normalized spacial score (nSPS) is 13.2. The van der Waals surface area contributed by atoms with Crippen LogP contribution in [0.5, 0.6) is 5.75 Å². The molecule has 1 amide bonds. The fourth-order valence-electron chi connectivity index (χ4n) is 2.75. The molecule has 2 heterocycles. The monoisotopic (exact) mass is 342 g/mol. The van der Waals surface area contributed by atoms with Crippen molar-refractivity contribution in [1.82, 2.24) is 4.98 Å². The Bertz CT molecular complexity index is 809. The van der Waals surface area contributed by atoms with Gasteiger partial charge in [0, 0.05) is 24.8 Å². The Hall–Kier alpha value is -3.16. The van der Waals surface area contributed by atoms with Gasteiger partial charge in [-0.15, -0.1) is 0 Å². The number of hydrogen-bond acceptors (Lipinski definition) is 6. The predicted molar refractivity (Wildman–Crippen MR) is 93.0 cm³/mol. The van der Waals surface area contributed by atoms with Crippen molar-refractivity contribution in [3.63, 3.8) is 0 Å². The van der Waals surface area contributed by atoms with Gasteiger partial charge in [0.25, 0.3) is 5.91 Å². The van der Waals surface area contributed by atoms with Crippen LogP contribution in [0.3, 0.4) is 0 Å².